The van der Waals surface area contributed by atoms with Gasteiger partial charge in [0.15, 0.2) is 17.6 Å². The van der Waals surface area contributed by atoms with E-state index in [1.165, 1.54) is 25.1 Å². The number of para-hydroxylation sites is 1. The first-order valence-corrected chi connectivity index (χ1v) is 8.16. The molecule has 1 heterocycles. The number of nitrogens with one attached hydrogen (secondary N) is 1. The number of benzene rings is 2. The zero-order chi connectivity index (χ0) is 18.5. The minimum atomic E-state index is -1.03. The van der Waals surface area contributed by atoms with Gasteiger partial charge in [0.1, 0.15) is 5.82 Å². The number of esters is 1. The Morgan fingerprint density at radius 1 is 1.19 bits per heavy atom. The molecular weight excluding hydrogens is 341 g/mol. The topological polar surface area (TPSA) is 73.9 Å². The van der Waals surface area contributed by atoms with Gasteiger partial charge in [-0.3, -0.25) is 9.59 Å². The third-order valence-corrected chi connectivity index (χ3v) is 3.86. The van der Waals surface area contributed by atoms with Gasteiger partial charge in [0, 0.05) is 6.42 Å². The molecule has 1 unspecified atom stereocenters. The molecule has 0 radical (unpaired) electrons. The fourth-order valence-electron chi connectivity index (χ4n) is 2.45. The van der Waals surface area contributed by atoms with Gasteiger partial charge in [-0.05, 0) is 43.2 Å². The summed E-state index contributed by atoms with van der Waals surface area (Å²) in [5, 5.41) is 2.40. The van der Waals surface area contributed by atoms with E-state index in [1.807, 2.05) is 12.1 Å². The zero-order valence-corrected chi connectivity index (χ0v) is 14.2. The van der Waals surface area contributed by atoms with Gasteiger partial charge >= 0.3 is 5.97 Å². The summed E-state index contributed by atoms with van der Waals surface area (Å²) in [6.45, 7) is 1.63. The molecular formula is C19H18FNO5. The Balaban J connectivity index is 1.48. The second-order valence-electron chi connectivity index (χ2n) is 5.79. The van der Waals surface area contributed by atoms with Crippen LogP contribution in [0, 0.1) is 5.82 Å². The van der Waals surface area contributed by atoms with Crippen molar-refractivity contribution in [3.63, 3.8) is 0 Å². The molecule has 0 fully saturated rings. The van der Waals surface area contributed by atoms with Crippen LogP contribution < -0.4 is 14.8 Å². The standard InChI is InChI=1S/C19H18FNO5/c1-12(19(23)21-15-5-3-2-4-14(15)20)26-18(22)9-7-13-6-8-16-17(10-13)25-11-24-16/h2-6,8,10,12H,7,9,11H2,1H3,(H,21,23). The van der Waals surface area contributed by atoms with Crippen molar-refractivity contribution in [2.75, 3.05) is 12.1 Å². The van der Waals surface area contributed by atoms with Crippen molar-refractivity contribution in [2.45, 2.75) is 25.9 Å². The summed E-state index contributed by atoms with van der Waals surface area (Å²) in [5.41, 5.74) is 0.940. The molecule has 0 saturated heterocycles. The Morgan fingerprint density at radius 2 is 1.96 bits per heavy atom. The lowest BCUT2D eigenvalue weighted by Crippen LogP contribution is -2.30. The summed E-state index contributed by atoms with van der Waals surface area (Å²) >= 11 is 0. The third-order valence-electron chi connectivity index (χ3n) is 3.86. The van der Waals surface area contributed by atoms with Gasteiger partial charge in [0.2, 0.25) is 6.79 Å². The molecule has 1 atom stereocenters. The molecule has 0 aliphatic carbocycles. The zero-order valence-electron chi connectivity index (χ0n) is 14.2. The number of fused-ring (bicyclic) bond motifs is 1. The molecule has 1 N–H and O–H groups in total. The minimum absolute atomic E-state index is 0.0424. The maximum absolute atomic E-state index is 13.5. The number of halogens is 1. The molecule has 0 spiro atoms. The first kappa shape index (κ1) is 17.7. The molecule has 0 bridgehead atoms. The van der Waals surface area contributed by atoms with Crippen molar-refractivity contribution in [2.24, 2.45) is 0 Å². The van der Waals surface area contributed by atoms with Crippen molar-refractivity contribution in [3.05, 3.63) is 53.8 Å². The Labute approximate surface area is 149 Å². The first-order chi connectivity index (χ1) is 12.5. The van der Waals surface area contributed by atoms with E-state index < -0.39 is 23.8 Å². The number of ether oxygens (including phenoxy) is 3. The van der Waals surface area contributed by atoms with Crippen LogP contribution in [0.15, 0.2) is 42.5 Å². The number of anilines is 1. The average molecular weight is 359 g/mol. The van der Waals surface area contributed by atoms with Crippen LogP contribution in [0.4, 0.5) is 10.1 Å². The van der Waals surface area contributed by atoms with E-state index in [4.69, 9.17) is 14.2 Å². The van der Waals surface area contributed by atoms with Crippen LogP contribution in [0.3, 0.4) is 0 Å². The molecule has 136 valence electrons. The smallest absolute Gasteiger partial charge is 0.306 e. The lowest BCUT2D eigenvalue weighted by Gasteiger charge is -2.14. The summed E-state index contributed by atoms with van der Waals surface area (Å²) < 4.78 is 29.2. The quantitative estimate of drug-likeness (QED) is 0.803. The molecule has 1 aliphatic rings. The maximum atomic E-state index is 13.5. The number of hydrogen-bond acceptors (Lipinski definition) is 5. The van der Waals surface area contributed by atoms with Crippen molar-refractivity contribution in [1.82, 2.24) is 0 Å². The first-order valence-electron chi connectivity index (χ1n) is 8.16. The molecule has 0 aromatic heterocycles. The second-order valence-corrected chi connectivity index (χ2v) is 5.79. The van der Waals surface area contributed by atoms with E-state index in [2.05, 4.69) is 5.32 Å². The molecule has 0 saturated carbocycles. The Kier molecular flexibility index (Phi) is 5.36. The highest BCUT2D eigenvalue weighted by Crippen LogP contribution is 2.32. The Bertz CT molecular complexity index is 823. The van der Waals surface area contributed by atoms with Crippen LogP contribution in [-0.2, 0) is 20.7 Å². The number of rotatable bonds is 6. The molecule has 7 heteroatoms. The average Bonchev–Trinajstić information content (AvgIpc) is 3.09. The van der Waals surface area contributed by atoms with Crippen LogP contribution in [-0.4, -0.2) is 24.8 Å². The summed E-state index contributed by atoms with van der Waals surface area (Å²) in [7, 11) is 0. The van der Waals surface area contributed by atoms with Crippen molar-refractivity contribution >= 4 is 17.6 Å². The van der Waals surface area contributed by atoms with Crippen molar-refractivity contribution in [1.29, 1.82) is 0 Å². The van der Waals surface area contributed by atoms with Gasteiger partial charge in [-0.2, -0.15) is 0 Å². The normalized spacial score (nSPS) is 13.2. The van der Waals surface area contributed by atoms with E-state index in [-0.39, 0.29) is 18.9 Å². The molecule has 1 amide bonds. The van der Waals surface area contributed by atoms with Crippen molar-refractivity contribution in [3.8, 4) is 11.5 Å². The van der Waals surface area contributed by atoms with E-state index in [0.29, 0.717) is 17.9 Å². The van der Waals surface area contributed by atoms with Crippen molar-refractivity contribution < 1.29 is 28.2 Å². The maximum Gasteiger partial charge on any atom is 0.306 e. The SMILES string of the molecule is CC(OC(=O)CCc1ccc2c(c1)OCO2)C(=O)Nc1ccccc1F. The van der Waals surface area contributed by atoms with E-state index in [0.717, 1.165) is 5.56 Å². The van der Waals surface area contributed by atoms with Gasteiger partial charge in [0.25, 0.3) is 5.91 Å². The Morgan fingerprint density at radius 3 is 2.77 bits per heavy atom. The highest BCUT2D eigenvalue weighted by Gasteiger charge is 2.19. The summed E-state index contributed by atoms with van der Waals surface area (Å²) in [6.07, 6.45) is -0.479. The number of carbonyl (C=O) groups is 2. The highest BCUT2D eigenvalue weighted by atomic mass is 19.1. The minimum Gasteiger partial charge on any atom is -0.454 e. The number of aryl methyl sites for hydroxylation is 1. The molecule has 1 aliphatic heterocycles. The van der Waals surface area contributed by atoms with Crippen LogP contribution in [0.25, 0.3) is 0 Å². The lowest BCUT2D eigenvalue weighted by atomic mass is 10.1. The number of amides is 1. The highest BCUT2D eigenvalue weighted by molar-refractivity contribution is 5.95. The van der Waals surface area contributed by atoms with Gasteiger partial charge in [-0.15, -0.1) is 0 Å². The Hall–Kier alpha value is -3.09. The molecule has 26 heavy (non-hydrogen) atoms. The van der Waals surface area contributed by atoms with Gasteiger partial charge in [0.05, 0.1) is 5.69 Å². The van der Waals surface area contributed by atoms with E-state index >= 15 is 0 Å². The predicted octanol–water partition coefficient (Wildman–Crippen LogP) is 3.06. The second kappa shape index (κ2) is 7.86. The lowest BCUT2D eigenvalue weighted by molar-refractivity contribution is -0.153. The van der Waals surface area contributed by atoms with E-state index in [1.54, 1.807) is 12.1 Å². The largest absolute Gasteiger partial charge is 0.454 e. The van der Waals surface area contributed by atoms with Gasteiger partial charge in [-0.25, -0.2) is 4.39 Å². The van der Waals surface area contributed by atoms with Crippen LogP contribution in [0.5, 0.6) is 11.5 Å². The van der Waals surface area contributed by atoms with Gasteiger partial charge in [-0.1, -0.05) is 18.2 Å². The van der Waals surface area contributed by atoms with Gasteiger partial charge < -0.3 is 19.5 Å². The number of carbonyl (C=O) groups excluding carboxylic acids is 2. The third kappa shape index (κ3) is 4.30. The predicted molar refractivity (Wildman–Crippen MR) is 91.5 cm³/mol. The summed E-state index contributed by atoms with van der Waals surface area (Å²) in [4.78, 5) is 24.0. The molecule has 2 aromatic carbocycles. The van der Waals surface area contributed by atoms with Crippen LogP contribution in [0.2, 0.25) is 0 Å². The monoisotopic (exact) mass is 359 g/mol. The molecule has 6 nitrogen and oxygen atoms in total. The summed E-state index contributed by atoms with van der Waals surface area (Å²) in [5.74, 6) is -0.337. The fourth-order valence-corrected chi connectivity index (χ4v) is 2.45. The van der Waals surface area contributed by atoms with E-state index in [9.17, 15) is 14.0 Å². The molecule has 2 aromatic rings. The summed E-state index contributed by atoms with van der Waals surface area (Å²) in [6, 6.07) is 11.2. The van der Waals surface area contributed by atoms with Crippen LogP contribution >= 0.6 is 0 Å². The van der Waals surface area contributed by atoms with Crippen LogP contribution in [0.1, 0.15) is 18.9 Å². The number of hydrogen-bond donors (Lipinski definition) is 1. The fraction of sp³-hybridized carbons (Fsp3) is 0.263. The molecule has 3 rings (SSSR count).